The summed E-state index contributed by atoms with van der Waals surface area (Å²) in [5.74, 6) is -2.16. The molecule has 2 saturated heterocycles. The van der Waals surface area contributed by atoms with E-state index >= 15 is 8.78 Å². The fourth-order valence-electron chi connectivity index (χ4n) is 4.99. The van der Waals surface area contributed by atoms with E-state index in [0.717, 1.165) is 49.7 Å². The zero-order chi connectivity index (χ0) is 26.9. The number of piperazine rings is 1. The lowest BCUT2D eigenvalue weighted by molar-refractivity contribution is 0.0296. The molecule has 2 aliphatic rings. The predicted octanol–water partition coefficient (Wildman–Crippen LogP) is 3.67. The molecule has 1 amide bonds. The lowest BCUT2D eigenvalue weighted by Gasteiger charge is -2.34. The molecule has 0 atom stereocenters. The van der Waals surface area contributed by atoms with Crippen LogP contribution in [0.4, 0.5) is 26.1 Å². The molecule has 0 aliphatic carbocycles. The van der Waals surface area contributed by atoms with Crippen molar-refractivity contribution < 1.29 is 18.3 Å². The molecule has 6 rings (SSSR count). The molecule has 202 valence electrons. The van der Waals surface area contributed by atoms with E-state index in [-0.39, 0.29) is 5.69 Å². The van der Waals surface area contributed by atoms with E-state index in [9.17, 15) is 4.79 Å². The van der Waals surface area contributed by atoms with E-state index in [1.807, 2.05) is 12.1 Å². The van der Waals surface area contributed by atoms with E-state index in [4.69, 9.17) is 4.74 Å². The second-order valence-corrected chi connectivity index (χ2v) is 9.81. The molecule has 2 fully saturated rings. The van der Waals surface area contributed by atoms with Crippen molar-refractivity contribution in [3.63, 3.8) is 0 Å². The van der Waals surface area contributed by atoms with E-state index in [0.29, 0.717) is 43.3 Å². The Bertz CT molecular complexity index is 1490. The smallest absolute Gasteiger partial charge is 0.259 e. The van der Waals surface area contributed by atoms with Gasteiger partial charge in [-0.1, -0.05) is 6.07 Å². The van der Waals surface area contributed by atoms with Crippen LogP contribution in [0, 0.1) is 11.6 Å². The van der Waals surface area contributed by atoms with Crippen LogP contribution in [-0.2, 0) is 4.74 Å². The molecule has 4 heterocycles. The number of likely N-dealkylation sites (N-methyl/N-ethyl adjacent to an activating group) is 1. The van der Waals surface area contributed by atoms with Crippen molar-refractivity contribution in [1.82, 2.24) is 24.3 Å². The van der Waals surface area contributed by atoms with Crippen molar-refractivity contribution in [3.05, 3.63) is 72.1 Å². The van der Waals surface area contributed by atoms with Gasteiger partial charge in [0.25, 0.3) is 5.91 Å². The second kappa shape index (κ2) is 10.6. The van der Waals surface area contributed by atoms with Gasteiger partial charge in [-0.3, -0.25) is 4.79 Å². The highest BCUT2D eigenvalue weighted by molar-refractivity contribution is 5.95. The Balaban J connectivity index is 1.26. The maximum absolute atomic E-state index is 15.1. The second-order valence-electron chi connectivity index (χ2n) is 9.81. The Hall–Kier alpha value is -4.09. The molecule has 11 heteroatoms. The maximum Gasteiger partial charge on any atom is 0.259 e. The van der Waals surface area contributed by atoms with Crippen LogP contribution in [0.25, 0.3) is 16.7 Å². The largest absolute Gasteiger partial charge is 0.378 e. The van der Waals surface area contributed by atoms with Crippen molar-refractivity contribution in [2.24, 2.45) is 0 Å². The van der Waals surface area contributed by atoms with Gasteiger partial charge in [0, 0.05) is 68.4 Å². The Morgan fingerprint density at radius 2 is 1.69 bits per heavy atom. The first-order valence-electron chi connectivity index (χ1n) is 13.0. The third-order valence-electron chi connectivity index (χ3n) is 7.22. The predicted molar refractivity (Wildman–Crippen MR) is 145 cm³/mol. The number of anilines is 3. The zero-order valence-electron chi connectivity index (χ0n) is 21.6. The molecule has 0 radical (unpaired) electrons. The molecule has 39 heavy (non-hydrogen) atoms. The summed E-state index contributed by atoms with van der Waals surface area (Å²) < 4.78 is 37.0. The first-order valence-corrected chi connectivity index (χ1v) is 13.0. The highest BCUT2D eigenvalue weighted by Crippen LogP contribution is 2.26. The summed E-state index contributed by atoms with van der Waals surface area (Å²) in [6.45, 7) is 5.23. The number of hydrogen-bond acceptors (Lipinski definition) is 7. The Kier molecular flexibility index (Phi) is 6.84. The van der Waals surface area contributed by atoms with Crippen LogP contribution in [0.3, 0.4) is 0 Å². The van der Waals surface area contributed by atoms with Crippen LogP contribution < -0.4 is 10.2 Å². The molecule has 0 bridgehead atoms. The van der Waals surface area contributed by atoms with Crippen LogP contribution in [0.5, 0.6) is 0 Å². The number of halogens is 2. The number of carbonyl (C=O) groups excluding carboxylic acids is 1. The highest BCUT2D eigenvalue weighted by atomic mass is 19.1. The number of amides is 1. The lowest BCUT2D eigenvalue weighted by atomic mass is 10.1. The number of benzene rings is 2. The number of nitrogens with one attached hydrogen (secondary N) is 1. The van der Waals surface area contributed by atoms with Gasteiger partial charge in [0.2, 0.25) is 5.95 Å². The Labute approximate surface area is 224 Å². The lowest BCUT2D eigenvalue weighted by Crippen LogP contribution is -2.44. The van der Waals surface area contributed by atoms with E-state index in [1.165, 1.54) is 4.90 Å². The number of morpholine rings is 1. The monoisotopic (exact) mass is 533 g/mol. The number of fused-ring (bicyclic) bond motifs is 1. The zero-order valence-corrected chi connectivity index (χ0v) is 21.6. The number of nitrogens with zero attached hydrogens (tertiary/aromatic N) is 6. The summed E-state index contributed by atoms with van der Waals surface area (Å²) >= 11 is 0. The minimum absolute atomic E-state index is 0.222. The Morgan fingerprint density at radius 3 is 2.44 bits per heavy atom. The molecule has 4 aromatic rings. The van der Waals surface area contributed by atoms with Crippen LogP contribution in [0.2, 0.25) is 0 Å². The molecule has 2 aliphatic heterocycles. The average molecular weight is 534 g/mol. The SMILES string of the molecule is CN1CCN(c2cccc(Nc3ncc4ccn(-c5cc(F)c(C(=O)N6CCOCC6)c(F)c5)c4n3)c2)CC1. The van der Waals surface area contributed by atoms with E-state index < -0.39 is 23.1 Å². The van der Waals surface area contributed by atoms with Crippen LogP contribution >= 0.6 is 0 Å². The maximum atomic E-state index is 15.1. The molecule has 9 nitrogen and oxygen atoms in total. The molecule has 2 aromatic carbocycles. The average Bonchev–Trinajstić information content (AvgIpc) is 3.37. The van der Waals surface area contributed by atoms with Crippen molar-refractivity contribution in [1.29, 1.82) is 0 Å². The fourth-order valence-corrected chi connectivity index (χ4v) is 4.99. The summed E-state index contributed by atoms with van der Waals surface area (Å²) in [6, 6.07) is 12.2. The first-order chi connectivity index (χ1) is 19.0. The highest BCUT2D eigenvalue weighted by Gasteiger charge is 2.26. The third kappa shape index (κ3) is 5.15. The first kappa shape index (κ1) is 25.2. The normalized spacial score (nSPS) is 16.6. The molecule has 2 aromatic heterocycles. The molecule has 0 unspecified atom stereocenters. The standard InChI is InChI=1S/C28H29F2N7O2/c1-34-7-9-35(10-8-34)21-4-2-3-20(15-21)32-28-31-18-19-5-6-37(26(19)33-28)22-16-23(29)25(24(30)17-22)27(38)36-11-13-39-14-12-36/h2-6,15-18H,7-14H2,1H3,(H,31,32,33). The minimum Gasteiger partial charge on any atom is -0.378 e. The van der Waals surface area contributed by atoms with Crippen molar-refractivity contribution in [2.45, 2.75) is 0 Å². The number of hydrogen-bond donors (Lipinski definition) is 1. The van der Waals surface area contributed by atoms with Crippen molar-refractivity contribution in [3.8, 4) is 5.69 Å². The number of ether oxygens (including phenoxy) is 1. The minimum atomic E-state index is -0.920. The Morgan fingerprint density at radius 1 is 0.949 bits per heavy atom. The number of carbonyl (C=O) groups is 1. The molecule has 0 saturated carbocycles. The van der Waals surface area contributed by atoms with Gasteiger partial charge in [0.1, 0.15) is 22.8 Å². The summed E-state index contributed by atoms with van der Waals surface area (Å²) in [4.78, 5) is 27.9. The van der Waals surface area contributed by atoms with Crippen LogP contribution in [-0.4, -0.2) is 89.8 Å². The van der Waals surface area contributed by atoms with Gasteiger partial charge in [0.05, 0.1) is 18.9 Å². The van der Waals surface area contributed by atoms with Gasteiger partial charge in [-0.15, -0.1) is 0 Å². The summed E-state index contributed by atoms with van der Waals surface area (Å²) in [5, 5.41) is 3.96. The molecule has 0 spiro atoms. The number of rotatable bonds is 5. The molecule has 1 N–H and O–H groups in total. The van der Waals surface area contributed by atoms with Crippen molar-refractivity contribution in [2.75, 3.05) is 69.7 Å². The van der Waals surface area contributed by atoms with E-state index in [1.54, 1.807) is 23.0 Å². The van der Waals surface area contributed by atoms with Gasteiger partial charge in [-0.2, -0.15) is 4.98 Å². The molecular weight excluding hydrogens is 504 g/mol. The third-order valence-corrected chi connectivity index (χ3v) is 7.22. The van der Waals surface area contributed by atoms with Crippen LogP contribution in [0.15, 0.2) is 54.9 Å². The summed E-state index contributed by atoms with van der Waals surface area (Å²) in [7, 11) is 2.13. The molecular formula is C28H29F2N7O2. The summed E-state index contributed by atoms with van der Waals surface area (Å²) in [5.41, 5.74) is 2.10. The number of aromatic nitrogens is 3. The van der Waals surface area contributed by atoms with E-state index in [2.05, 4.69) is 44.3 Å². The van der Waals surface area contributed by atoms with Gasteiger partial charge in [0.15, 0.2) is 0 Å². The quantitative estimate of drug-likeness (QED) is 0.420. The van der Waals surface area contributed by atoms with Crippen molar-refractivity contribution >= 4 is 34.3 Å². The fraction of sp³-hybridized carbons (Fsp3) is 0.321. The topological polar surface area (TPSA) is 78.8 Å². The summed E-state index contributed by atoms with van der Waals surface area (Å²) in [6.07, 6.45) is 3.34. The van der Waals surface area contributed by atoms with Gasteiger partial charge < -0.3 is 29.3 Å². The van der Waals surface area contributed by atoms with Gasteiger partial charge >= 0.3 is 0 Å². The van der Waals surface area contributed by atoms with Crippen LogP contribution in [0.1, 0.15) is 10.4 Å². The van der Waals surface area contributed by atoms with Gasteiger partial charge in [-0.05, 0) is 43.4 Å². The van der Waals surface area contributed by atoms with Gasteiger partial charge in [-0.25, -0.2) is 13.8 Å².